The van der Waals surface area contributed by atoms with E-state index < -0.39 is 0 Å². The first-order valence-electron chi connectivity index (χ1n) is 11.1. The van der Waals surface area contributed by atoms with Crippen molar-refractivity contribution in [3.05, 3.63) is 58.2 Å². The maximum absolute atomic E-state index is 12.1. The number of hydrogen-bond donors (Lipinski definition) is 1. The summed E-state index contributed by atoms with van der Waals surface area (Å²) in [5.74, 6) is 1.48. The Morgan fingerprint density at radius 2 is 1.87 bits per heavy atom. The molecule has 164 valence electrons. The van der Waals surface area contributed by atoms with Gasteiger partial charge in [-0.2, -0.15) is 0 Å². The number of phenolic OH excluding ortho intramolecular Hbond substituents is 1. The third kappa shape index (κ3) is 7.19. The molecule has 1 aliphatic heterocycles. The van der Waals surface area contributed by atoms with Crippen LogP contribution in [0, 0.1) is 6.92 Å². The monoisotopic (exact) mass is 410 g/mol. The van der Waals surface area contributed by atoms with Crippen LogP contribution in [-0.2, 0) is 11.2 Å². The molecule has 0 fully saturated rings. The van der Waals surface area contributed by atoms with E-state index in [4.69, 9.17) is 4.74 Å². The summed E-state index contributed by atoms with van der Waals surface area (Å²) in [5, 5.41) is 9.80. The van der Waals surface area contributed by atoms with Gasteiger partial charge >= 0.3 is 0 Å². The summed E-state index contributed by atoms with van der Waals surface area (Å²) in [5.41, 5.74) is 5.35. The molecule has 1 atom stereocenters. The van der Waals surface area contributed by atoms with Crippen molar-refractivity contribution in [3.63, 3.8) is 0 Å². The van der Waals surface area contributed by atoms with Crippen LogP contribution in [0.1, 0.15) is 84.3 Å². The Morgan fingerprint density at radius 1 is 1.13 bits per heavy atom. The number of fused-ring (bicyclic) bond motifs is 1. The lowest BCUT2D eigenvalue weighted by Gasteiger charge is -2.36. The molecular weight excluding hydrogens is 372 g/mol. The first-order valence-corrected chi connectivity index (χ1v) is 11.1. The van der Waals surface area contributed by atoms with Crippen molar-refractivity contribution in [1.82, 2.24) is 0 Å². The van der Waals surface area contributed by atoms with Gasteiger partial charge in [-0.25, -0.2) is 0 Å². The largest absolute Gasteiger partial charge is 0.508 e. The van der Waals surface area contributed by atoms with Crippen LogP contribution in [0.3, 0.4) is 0 Å². The zero-order valence-corrected chi connectivity index (χ0v) is 19.6. The molecule has 3 heteroatoms. The van der Waals surface area contributed by atoms with E-state index in [9.17, 15) is 9.90 Å². The summed E-state index contributed by atoms with van der Waals surface area (Å²) in [6.07, 6.45) is 12.6. The molecule has 30 heavy (non-hydrogen) atoms. The number of hydrogen-bond acceptors (Lipinski definition) is 3. The number of ketones is 1. The maximum Gasteiger partial charge on any atom is 0.162 e. The summed E-state index contributed by atoms with van der Waals surface area (Å²) in [7, 11) is 0. The molecule has 0 aromatic heterocycles. The average Bonchev–Trinajstić information content (AvgIpc) is 2.66. The Morgan fingerprint density at radius 3 is 2.57 bits per heavy atom. The van der Waals surface area contributed by atoms with Crippen molar-refractivity contribution in [2.24, 2.45) is 0 Å². The van der Waals surface area contributed by atoms with Gasteiger partial charge in [0.2, 0.25) is 0 Å². The Hall–Kier alpha value is -2.29. The van der Waals surface area contributed by atoms with Crippen molar-refractivity contribution in [3.8, 4) is 11.5 Å². The summed E-state index contributed by atoms with van der Waals surface area (Å²) in [6, 6.07) is 3.60. The highest BCUT2D eigenvalue weighted by molar-refractivity contribution is 5.95. The van der Waals surface area contributed by atoms with Crippen LogP contribution in [-0.4, -0.2) is 16.5 Å². The molecule has 0 saturated carbocycles. The van der Waals surface area contributed by atoms with E-state index in [1.165, 1.54) is 11.1 Å². The van der Waals surface area contributed by atoms with E-state index in [0.717, 1.165) is 61.0 Å². The maximum atomic E-state index is 12.1. The van der Waals surface area contributed by atoms with Crippen molar-refractivity contribution in [2.75, 3.05) is 0 Å². The third-order valence-electron chi connectivity index (χ3n) is 5.90. The second kappa shape index (κ2) is 10.7. The molecule has 1 unspecified atom stereocenters. The Bertz CT molecular complexity index is 853. The second-order valence-corrected chi connectivity index (χ2v) is 9.23. The van der Waals surface area contributed by atoms with Gasteiger partial charge in [0.15, 0.2) is 5.78 Å². The Labute approximate surface area is 182 Å². The highest BCUT2D eigenvalue weighted by Gasteiger charge is 2.31. The number of benzene rings is 1. The van der Waals surface area contributed by atoms with Gasteiger partial charge in [0, 0.05) is 6.42 Å². The SMILES string of the molecule is CC(C)=CCC(=O)C(C)=CCCC(C)=CCCC1(C)CCc2cc(O)cc(C)c2O1. The molecule has 0 spiro atoms. The quantitative estimate of drug-likeness (QED) is 0.347. The van der Waals surface area contributed by atoms with E-state index in [-0.39, 0.29) is 11.4 Å². The van der Waals surface area contributed by atoms with Gasteiger partial charge < -0.3 is 9.84 Å². The van der Waals surface area contributed by atoms with Gasteiger partial charge in [0.05, 0.1) is 0 Å². The van der Waals surface area contributed by atoms with Crippen LogP contribution in [0.15, 0.2) is 47.1 Å². The Kier molecular flexibility index (Phi) is 8.52. The lowest BCUT2D eigenvalue weighted by molar-refractivity contribution is -0.114. The number of carbonyl (C=O) groups excluding carboxylic acids is 1. The zero-order valence-electron chi connectivity index (χ0n) is 19.6. The molecule has 0 saturated heterocycles. The minimum atomic E-state index is -0.167. The molecule has 1 heterocycles. The minimum Gasteiger partial charge on any atom is -0.508 e. The van der Waals surface area contributed by atoms with Crippen molar-refractivity contribution >= 4 is 5.78 Å². The number of rotatable bonds is 9. The molecule has 0 bridgehead atoms. The van der Waals surface area contributed by atoms with E-state index in [1.807, 2.05) is 39.8 Å². The molecule has 1 aliphatic rings. The van der Waals surface area contributed by atoms with Gasteiger partial charge in [0.25, 0.3) is 0 Å². The predicted molar refractivity (Wildman–Crippen MR) is 125 cm³/mol. The van der Waals surface area contributed by atoms with Gasteiger partial charge in [-0.3, -0.25) is 4.79 Å². The summed E-state index contributed by atoms with van der Waals surface area (Å²) in [4.78, 5) is 12.1. The van der Waals surface area contributed by atoms with Crippen molar-refractivity contribution < 1.29 is 14.6 Å². The van der Waals surface area contributed by atoms with E-state index in [2.05, 4.69) is 26.0 Å². The number of Topliss-reactive ketones (excluding diaryl/α,β-unsaturated/α-hetero) is 1. The van der Waals surface area contributed by atoms with Crippen LogP contribution in [0.4, 0.5) is 0 Å². The van der Waals surface area contributed by atoms with Crippen LogP contribution < -0.4 is 4.74 Å². The Balaban J connectivity index is 1.83. The lowest BCUT2D eigenvalue weighted by atomic mass is 9.87. The lowest BCUT2D eigenvalue weighted by Crippen LogP contribution is -2.36. The summed E-state index contributed by atoms with van der Waals surface area (Å²) < 4.78 is 6.37. The van der Waals surface area contributed by atoms with E-state index in [0.29, 0.717) is 12.2 Å². The first kappa shape index (κ1) is 24.0. The fourth-order valence-corrected chi connectivity index (χ4v) is 3.84. The van der Waals surface area contributed by atoms with Crippen molar-refractivity contribution in [1.29, 1.82) is 0 Å². The predicted octanol–water partition coefficient (Wildman–Crippen LogP) is 7.16. The topological polar surface area (TPSA) is 46.5 Å². The van der Waals surface area contributed by atoms with E-state index >= 15 is 0 Å². The van der Waals surface area contributed by atoms with Gasteiger partial charge in [-0.15, -0.1) is 0 Å². The smallest absolute Gasteiger partial charge is 0.162 e. The molecule has 3 nitrogen and oxygen atoms in total. The third-order valence-corrected chi connectivity index (χ3v) is 5.90. The molecule has 0 amide bonds. The fraction of sp³-hybridized carbons (Fsp3) is 0.519. The van der Waals surface area contributed by atoms with Crippen molar-refractivity contribution in [2.45, 2.75) is 92.1 Å². The van der Waals surface area contributed by atoms with Crippen LogP contribution in [0.2, 0.25) is 0 Å². The number of aryl methyl sites for hydroxylation is 2. The van der Waals surface area contributed by atoms with Crippen LogP contribution in [0.5, 0.6) is 11.5 Å². The second-order valence-electron chi connectivity index (χ2n) is 9.23. The van der Waals surface area contributed by atoms with Crippen LogP contribution >= 0.6 is 0 Å². The van der Waals surface area contributed by atoms with Gasteiger partial charge in [-0.05, 0) is 109 Å². The average molecular weight is 411 g/mol. The highest BCUT2D eigenvalue weighted by atomic mass is 16.5. The van der Waals surface area contributed by atoms with Gasteiger partial charge in [-0.1, -0.05) is 29.4 Å². The number of ether oxygens (including phenoxy) is 1. The summed E-state index contributed by atoms with van der Waals surface area (Å²) in [6.45, 7) is 12.3. The molecule has 1 N–H and O–H groups in total. The summed E-state index contributed by atoms with van der Waals surface area (Å²) >= 11 is 0. The molecule has 1 aromatic rings. The molecule has 2 rings (SSSR count). The van der Waals surface area contributed by atoms with Crippen LogP contribution in [0.25, 0.3) is 0 Å². The van der Waals surface area contributed by atoms with E-state index in [1.54, 1.807) is 6.07 Å². The fourth-order valence-electron chi connectivity index (χ4n) is 3.84. The normalized spacial score (nSPS) is 19.1. The number of aromatic hydroxyl groups is 1. The number of allylic oxidation sites excluding steroid dienone is 6. The minimum absolute atomic E-state index is 0.167. The van der Waals surface area contributed by atoms with Gasteiger partial charge in [0.1, 0.15) is 17.1 Å². The molecule has 1 aromatic carbocycles. The zero-order chi connectivity index (χ0) is 22.3. The number of phenols is 1. The highest BCUT2D eigenvalue weighted by Crippen LogP contribution is 2.39. The molecule has 0 radical (unpaired) electrons. The molecular formula is C27H38O3. The first-order chi connectivity index (χ1) is 14.1. The molecule has 0 aliphatic carbocycles. The standard InChI is InChI=1S/C27H38O3/c1-19(2)12-13-25(29)21(4)11-7-9-20(3)10-8-15-27(6)16-14-23-18-24(28)17-22(5)26(23)30-27/h10-12,17-18,28H,7-9,13-16H2,1-6H3. The number of carbonyl (C=O) groups is 1.